The molecule has 0 aromatic rings. The van der Waals surface area contributed by atoms with E-state index in [1.807, 2.05) is 6.92 Å². The van der Waals surface area contributed by atoms with Crippen molar-refractivity contribution >= 4 is 11.0 Å². The number of nitrogens with one attached hydrogen (secondary N) is 1. The predicted octanol–water partition coefficient (Wildman–Crippen LogP) is -0.0347. The minimum Gasteiger partial charge on any atom is -0.315 e. The molecule has 1 rings (SSSR count). The van der Waals surface area contributed by atoms with Gasteiger partial charge >= 0.3 is 0 Å². The highest BCUT2D eigenvalue weighted by molar-refractivity contribution is 7.82. The van der Waals surface area contributed by atoms with Gasteiger partial charge in [0.05, 0.1) is 11.0 Å². The molecule has 1 N–H and O–H groups in total. The van der Waals surface area contributed by atoms with Crippen LogP contribution in [-0.4, -0.2) is 40.4 Å². The summed E-state index contributed by atoms with van der Waals surface area (Å²) in [5, 5.41) is 3.28. The topological polar surface area (TPSA) is 32.3 Å². The summed E-state index contributed by atoms with van der Waals surface area (Å²) < 4.78 is 13.4. The molecule has 0 aromatic heterocycles. The number of rotatable bonds is 2. The third-order valence-corrected chi connectivity index (χ3v) is 3.27. The molecule has 1 fully saturated rings. The molecule has 1 heterocycles. The van der Waals surface area contributed by atoms with Crippen LogP contribution in [0.25, 0.3) is 0 Å². The zero-order chi connectivity index (χ0) is 8.10. The van der Waals surface area contributed by atoms with Gasteiger partial charge in [0.15, 0.2) is 0 Å². The fraction of sp³-hybridized carbons (Fsp3) is 1.00. The second kappa shape index (κ2) is 4.85. The Morgan fingerprint density at radius 3 is 3.00 bits per heavy atom. The molecule has 0 aliphatic carbocycles. The Hall–Kier alpha value is 0.0700. The monoisotopic (exact) mass is 176 g/mol. The molecule has 1 aliphatic rings. The fourth-order valence-electron chi connectivity index (χ4n) is 1.21. The van der Waals surface area contributed by atoms with E-state index in [0.29, 0.717) is 0 Å². The van der Waals surface area contributed by atoms with Gasteiger partial charge in [-0.2, -0.15) is 0 Å². The van der Waals surface area contributed by atoms with E-state index in [1.54, 1.807) is 0 Å². The average molecular weight is 176 g/mol. The molecule has 0 saturated carbocycles. The van der Waals surface area contributed by atoms with Crippen molar-refractivity contribution in [3.8, 4) is 0 Å². The minimum absolute atomic E-state index is 0.731. The summed E-state index contributed by atoms with van der Waals surface area (Å²) in [6.07, 6.45) is 1.12. The summed E-state index contributed by atoms with van der Waals surface area (Å²) in [7, 11) is -0.731. The first-order valence-electron chi connectivity index (χ1n) is 4.18. The van der Waals surface area contributed by atoms with Gasteiger partial charge in [-0.25, -0.2) is 8.51 Å². The van der Waals surface area contributed by atoms with Crippen molar-refractivity contribution < 1.29 is 4.21 Å². The summed E-state index contributed by atoms with van der Waals surface area (Å²) in [5.41, 5.74) is 0. The molecule has 0 aromatic carbocycles. The summed E-state index contributed by atoms with van der Waals surface area (Å²) in [5.74, 6) is 0.750. The molecule has 0 bridgehead atoms. The van der Waals surface area contributed by atoms with Crippen molar-refractivity contribution in [1.82, 2.24) is 9.62 Å². The second-order valence-electron chi connectivity index (χ2n) is 2.64. The lowest BCUT2D eigenvalue weighted by Gasteiger charge is -2.16. The fourth-order valence-corrected chi connectivity index (χ4v) is 2.20. The van der Waals surface area contributed by atoms with Crippen LogP contribution >= 0.6 is 0 Å². The molecule has 1 atom stereocenters. The quantitative estimate of drug-likeness (QED) is 0.640. The molecule has 0 radical (unpaired) electrons. The Morgan fingerprint density at radius 2 is 2.27 bits per heavy atom. The van der Waals surface area contributed by atoms with Crippen molar-refractivity contribution in [1.29, 1.82) is 0 Å². The Labute approximate surface area is 70.7 Å². The number of hydrogen-bond donors (Lipinski definition) is 1. The lowest BCUT2D eigenvalue weighted by atomic mass is 10.4. The summed E-state index contributed by atoms with van der Waals surface area (Å²) in [4.78, 5) is 0. The van der Waals surface area contributed by atoms with Crippen molar-refractivity contribution in [3.05, 3.63) is 0 Å². The first-order valence-corrected chi connectivity index (χ1v) is 5.46. The van der Waals surface area contributed by atoms with Gasteiger partial charge in [0.1, 0.15) is 0 Å². The van der Waals surface area contributed by atoms with E-state index >= 15 is 0 Å². The van der Waals surface area contributed by atoms with E-state index in [9.17, 15) is 4.21 Å². The van der Waals surface area contributed by atoms with Gasteiger partial charge < -0.3 is 5.32 Å². The molecule has 3 nitrogen and oxygen atoms in total. The Kier molecular flexibility index (Phi) is 4.04. The van der Waals surface area contributed by atoms with Gasteiger partial charge in [0.25, 0.3) is 0 Å². The molecule has 1 unspecified atom stereocenters. The Bertz CT molecular complexity index is 132. The van der Waals surface area contributed by atoms with Gasteiger partial charge in [0.2, 0.25) is 0 Å². The predicted molar refractivity (Wildman–Crippen MR) is 47.7 cm³/mol. The van der Waals surface area contributed by atoms with E-state index in [2.05, 4.69) is 9.62 Å². The highest BCUT2D eigenvalue weighted by Crippen LogP contribution is 1.99. The van der Waals surface area contributed by atoms with E-state index < -0.39 is 11.0 Å². The van der Waals surface area contributed by atoms with Crippen molar-refractivity contribution in [2.24, 2.45) is 0 Å². The molecule has 1 saturated heterocycles. The maximum Gasteiger partial charge on any atom is 0.0940 e. The molecular formula is C7H16N2OS. The third-order valence-electron chi connectivity index (χ3n) is 1.83. The highest BCUT2D eigenvalue weighted by atomic mass is 32.2. The Balaban J connectivity index is 2.36. The molecule has 1 aliphatic heterocycles. The van der Waals surface area contributed by atoms with Crippen LogP contribution in [0.4, 0.5) is 0 Å². The number of nitrogens with zero attached hydrogens (tertiary/aromatic N) is 1. The summed E-state index contributed by atoms with van der Waals surface area (Å²) in [6, 6.07) is 0. The van der Waals surface area contributed by atoms with E-state index in [-0.39, 0.29) is 0 Å². The van der Waals surface area contributed by atoms with Gasteiger partial charge in [0, 0.05) is 25.4 Å². The standard InChI is InChI=1S/C7H16N2OS/c1-2-11(10)9-6-3-4-8-5-7-9/h8H,2-7H2,1H3. The van der Waals surface area contributed by atoms with Gasteiger partial charge in [-0.1, -0.05) is 6.92 Å². The van der Waals surface area contributed by atoms with Crippen LogP contribution in [0.5, 0.6) is 0 Å². The van der Waals surface area contributed by atoms with Gasteiger partial charge in [-0.05, 0) is 13.0 Å². The first kappa shape index (κ1) is 9.16. The maximum absolute atomic E-state index is 11.3. The number of hydrogen-bond acceptors (Lipinski definition) is 2. The zero-order valence-corrected chi connectivity index (χ0v) is 7.82. The zero-order valence-electron chi connectivity index (χ0n) is 7.01. The SMILES string of the molecule is CCS(=O)N1CCCNCC1. The maximum atomic E-state index is 11.3. The van der Waals surface area contributed by atoms with Crippen LogP contribution in [-0.2, 0) is 11.0 Å². The van der Waals surface area contributed by atoms with Crippen molar-refractivity contribution in [2.45, 2.75) is 13.3 Å². The lowest BCUT2D eigenvalue weighted by molar-refractivity contribution is 0.472. The normalized spacial score (nSPS) is 24.5. The molecule has 0 amide bonds. The smallest absolute Gasteiger partial charge is 0.0940 e. The first-order chi connectivity index (χ1) is 5.34. The van der Waals surface area contributed by atoms with Crippen molar-refractivity contribution in [2.75, 3.05) is 31.9 Å². The largest absolute Gasteiger partial charge is 0.315 e. The van der Waals surface area contributed by atoms with Crippen LogP contribution in [0.15, 0.2) is 0 Å². The van der Waals surface area contributed by atoms with Crippen LogP contribution in [0, 0.1) is 0 Å². The second-order valence-corrected chi connectivity index (χ2v) is 4.38. The summed E-state index contributed by atoms with van der Waals surface area (Å²) >= 11 is 0. The third kappa shape index (κ3) is 2.89. The van der Waals surface area contributed by atoms with Crippen molar-refractivity contribution in [3.63, 3.8) is 0 Å². The van der Waals surface area contributed by atoms with Gasteiger partial charge in [-0.3, -0.25) is 0 Å². The minimum atomic E-state index is -0.731. The molecule has 0 spiro atoms. The van der Waals surface area contributed by atoms with Crippen LogP contribution in [0.3, 0.4) is 0 Å². The molecule has 11 heavy (non-hydrogen) atoms. The van der Waals surface area contributed by atoms with Crippen LogP contribution < -0.4 is 5.32 Å². The molecule has 4 heteroatoms. The Morgan fingerprint density at radius 1 is 1.45 bits per heavy atom. The molecule has 66 valence electrons. The lowest BCUT2D eigenvalue weighted by Crippen LogP contribution is -2.30. The van der Waals surface area contributed by atoms with Crippen LogP contribution in [0.2, 0.25) is 0 Å². The average Bonchev–Trinajstić information content (AvgIpc) is 2.30. The van der Waals surface area contributed by atoms with Crippen LogP contribution in [0.1, 0.15) is 13.3 Å². The highest BCUT2D eigenvalue weighted by Gasteiger charge is 2.12. The van der Waals surface area contributed by atoms with E-state index in [0.717, 1.165) is 38.4 Å². The summed E-state index contributed by atoms with van der Waals surface area (Å²) in [6.45, 7) is 5.92. The van der Waals surface area contributed by atoms with E-state index in [1.165, 1.54) is 0 Å². The molecular weight excluding hydrogens is 160 g/mol. The van der Waals surface area contributed by atoms with Gasteiger partial charge in [-0.15, -0.1) is 0 Å². The van der Waals surface area contributed by atoms with E-state index in [4.69, 9.17) is 0 Å².